The number of carbonyl (C=O) groups excluding carboxylic acids is 1. The molecule has 0 saturated carbocycles. The molecule has 0 aromatic heterocycles. The van der Waals surface area contributed by atoms with Crippen molar-refractivity contribution in [2.45, 2.75) is 0 Å². The molecule has 0 radical (unpaired) electrons. The molecule has 1 unspecified atom stereocenters. The molecule has 2 heteroatoms. The number of ketones is 1. The fourth-order valence-electron chi connectivity index (χ4n) is 1.31. The molecule has 2 aliphatic rings. The second kappa shape index (κ2) is 2.27. The number of thioether (sulfide) groups is 1. The Morgan fingerprint density at radius 1 is 1.60 bits per heavy atom. The van der Waals surface area contributed by atoms with Crippen LogP contribution in [0.5, 0.6) is 0 Å². The van der Waals surface area contributed by atoms with E-state index in [1.165, 1.54) is 5.57 Å². The molecule has 0 spiro atoms. The quantitative estimate of drug-likeness (QED) is 0.522. The van der Waals surface area contributed by atoms with Crippen LogP contribution in [0.4, 0.5) is 0 Å². The molecule has 0 aromatic carbocycles. The molecule has 1 saturated heterocycles. The minimum absolute atomic E-state index is 0.231. The monoisotopic (exact) mass is 152 g/mol. The Balaban J connectivity index is 2.33. The summed E-state index contributed by atoms with van der Waals surface area (Å²) in [5.41, 5.74) is 1.32. The molecule has 1 fully saturated rings. The third-order valence-corrected chi connectivity index (χ3v) is 3.02. The third kappa shape index (κ3) is 0.833. The Kier molecular flexibility index (Phi) is 1.42. The Labute approximate surface area is 64.2 Å². The smallest absolute Gasteiger partial charge is 0.163 e. The second-order valence-electron chi connectivity index (χ2n) is 2.57. The molecular formula is C8H8OS. The van der Waals surface area contributed by atoms with Gasteiger partial charge in [0.05, 0.1) is 5.92 Å². The van der Waals surface area contributed by atoms with Gasteiger partial charge in [-0.25, -0.2) is 0 Å². The molecule has 0 aromatic rings. The minimum Gasteiger partial charge on any atom is -0.294 e. The van der Waals surface area contributed by atoms with Crippen molar-refractivity contribution in [3.8, 4) is 0 Å². The first kappa shape index (κ1) is 6.23. The first-order valence-electron chi connectivity index (χ1n) is 3.36. The summed E-state index contributed by atoms with van der Waals surface area (Å²) in [5.74, 6) is 2.58. The molecule has 0 bridgehead atoms. The Morgan fingerprint density at radius 2 is 2.50 bits per heavy atom. The molecule has 1 aliphatic heterocycles. The highest BCUT2D eigenvalue weighted by molar-refractivity contribution is 7.99. The fraction of sp³-hybridized carbons (Fsp3) is 0.375. The van der Waals surface area contributed by atoms with E-state index in [0.717, 1.165) is 11.5 Å². The summed E-state index contributed by atoms with van der Waals surface area (Å²) in [7, 11) is 0. The minimum atomic E-state index is 0.231. The number of hydrogen-bond donors (Lipinski definition) is 0. The molecule has 52 valence electrons. The van der Waals surface area contributed by atoms with Crippen molar-refractivity contribution in [2.24, 2.45) is 5.92 Å². The van der Waals surface area contributed by atoms with Crippen LogP contribution in [0.15, 0.2) is 23.8 Å². The van der Waals surface area contributed by atoms with Crippen LogP contribution in [0, 0.1) is 5.92 Å². The van der Waals surface area contributed by atoms with E-state index in [1.54, 1.807) is 6.08 Å². The zero-order valence-corrected chi connectivity index (χ0v) is 6.36. The van der Waals surface area contributed by atoms with Crippen LogP contribution in [0.3, 0.4) is 0 Å². The van der Waals surface area contributed by atoms with E-state index in [9.17, 15) is 4.79 Å². The molecule has 1 atom stereocenters. The van der Waals surface area contributed by atoms with Gasteiger partial charge in [0.1, 0.15) is 0 Å². The van der Waals surface area contributed by atoms with Crippen molar-refractivity contribution in [2.75, 3.05) is 11.5 Å². The van der Waals surface area contributed by atoms with E-state index in [4.69, 9.17) is 0 Å². The van der Waals surface area contributed by atoms with Crippen LogP contribution < -0.4 is 0 Å². The maximum Gasteiger partial charge on any atom is 0.163 e. The first-order valence-corrected chi connectivity index (χ1v) is 4.52. The highest BCUT2D eigenvalue weighted by Crippen LogP contribution is 2.31. The SMILES string of the molecule is O=C1C=CC=C2CSCC12. The maximum atomic E-state index is 11.1. The normalized spacial score (nSPS) is 30.2. The lowest BCUT2D eigenvalue weighted by molar-refractivity contribution is -0.116. The van der Waals surface area contributed by atoms with Crippen LogP contribution in [0.2, 0.25) is 0 Å². The van der Waals surface area contributed by atoms with Gasteiger partial charge >= 0.3 is 0 Å². The molecule has 2 rings (SSSR count). The van der Waals surface area contributed by atoms with E-state index >= 15 is 0 Å². The molecule has 0 N–H and O–H groups in total. The van der Waals surface area contributed by atoms with Gasteiger partial charge in [0, 0.05) is 11.5 Å². The summed E-state index contributed by atoms with van der Waals surface area (Å²) in [5, 5.41) is 0. The zero-order valence-electron chi connectivity index (χ0n) is 5.54. The summed E-state index contributed by atoms with van der Waals surface area (Å²) >= 11 is 1.85. The third-order valence-electron chi connectivity index (χ3n) is 1.92. The lowest BCUT2D eigenvalue weighted by Gasteiger charge is -2.08. The van der Waals surface area contributed by atoms with Crippen LogP contribution in [-0.2, 0) is 4.79 Å². The van der Waals surface area contributed by atoms with Crippen molar-refractivity contribution < 1.29 is 4.79 Å². The van der Waals surface area contributed by atoms with Crippen molar-refractivity contribution >= 4 is 17.5 Å². The first-order chi connectivity index (χ1) is 4.88. The lowest BCUT2D eigenvalue weighted by Crippen LogP contribution is -2.15. The zero-order chi connectivity index (χ0) is 6.97. The van der Waals surface area contributed by atoms with Crippen molar-refractivity contribution in [3.63, 3.8) is 0 Å². The molecule has 1 aliphatic carbocycles. The Bertz CT molecular complexity index is 227. The second-order valence-corrected chi connectivity index (χ2v) is 3.60. The highest BCUT2D eigenvalue weighted by atomic mass is 32.2. The van der Waals surface area contributed by atoms with Gasteiger partial charge in [0.15, 0.2) is 5.78 Å². The van der Waals surface area contributed by atoms with Crippen molar-refractivity contribution in [1.82, 2.24) is 0 Å². The predicted octanol–water partition coefficient (Wildman–Crippen LogP) is 1.41. The molecule has 1 nitrogen and oxygen atoms in total. The summed E-state index contributed by atoms with van der Waals surface area (Å²) in [6.07, 6.45) is 5.62. The maximum absolute atomic E-state index is 11.1. The van der Waals surface area contributed by atoms with Gasteiger partial charge in [-0.3, -0.25) is 4.79 Å². The fourth-order valence-corrected chi connectivity index (χ4v) is 2.58. The largest absolute Gasteiger partial charge is 0.294 e. The average Bonchev–Trinajstić information content (AvgIpc) is 2.36. The number of rotatable bonds is 0. The number of hydrogen-bond acceptors (Lipinski definition) is 2. The van der Waals surface area contributed by atoms with Crippen LogP contribution >= 0.6 is 11.8 Å². The average molecular weight is 152 g/mol. The van der Waals surface area contributed by atoms with Crippen LogP contribution in [0.25, 0.3) is 0 Å². The van der Waals surface area contributed by atoms with Gasteiger partial charge in [-0.2, -0.15) is 11.8 Å². The van der Waals surface area contributed by atoms with Gasteiger partial charge in [-0.05, 0) is 11.6 Å². The molecule has 0 amide bonds. The van der Waals surface area contributed by atoms with Gasteiger partial charge in [0.25, 0.3) is 0 Å². The van der Waals surface area contributed by atoms with Gasteiger partial charge in [0.2, 0.25) is 0 Å². The van der Waals surface area contributed by atoms with E-state index in [2.05, 4.69) is 6.08 Å². The number of fused-ring (bicyclic) bond motifs is 1. The Hall–Kier alpha value is -0.500. The van der Waals surface area contributed by atoms with Gasteiger partial charge in [-0.1, -0.05) is 12.2 Å². The summed E-state index contributed by atoms with van der Waals surface area (Å²) in [4.78, 5) is 11.1. The van der Waals surface area contributed by atoms with Crippen molar-refractivity contribution in [3.05, 3.63) is 23.8 Å². The van der Waals surface area contributed by atoms with E-state index in [0.29, 0.717) is 5.78 Å². The summed E-state index contributed by atoms with van der Waals surface area (Å²) in [6.45, 7) is 0. The van der Waals surface area contributed by atoms with E-state index < -0.39 is 0 Å². The topological polar surface area (TPSA) is 17.1 Å². The molecule has 1 heterocycles. The van der Waals surface area contributed by atoms with E-state index in [-0.39, 0.29) is 5.92 Å². The molecular weight excluding hydrogens is 144 g/mol. The van der Waals surface area contributed by atoms with Gasteiger partial charge < -0.3 is 0 Å². The number of allylic oxidation sites excluding steroid dienone is 3. The highest BCUT2D eigenvalue weighted by Gasteiger charge is 2.27. The van der Waals surface area contributed by atoms with Crippen LogP contribution in [-0.4, -0.2) is 17.3 Å². The van der Waals surface area contributed by atoms with Crippen molar-refractivity contribution in [1.29, 1.82) is 0 Å². The predicted molar refractivity (Wildman–Crippen MR) is 43.0 cm³/mol. The molecule has 10 heavy (non-hydrogen) atoms. The summed E-state index contributed by atoms with van der Waals surface area (Å²) in [6, 6.07) is 0. The van der Waals surface area contributed by atoms with E-state index in [1.807, 2.05) is 17.8 Å². The Morgan fingerprint density at radius 3 is 3.30 bits per heavy atom. The van der Waals surface area contributed by atoms with Gasteiger partial charge in [-0.15, -0.1) is 0 Å². The van der Waals surface area contributed by atoms with Crippen LogP contribution in [0.1, 0.15) is 0 Å². The standard InChI is InChI=1S/C8H8OS/c9-8-3-1-2-6-4-10-5-7(6)8/h1-3,7H,4-5H2. The summed E-state index contributed by atoms with van der Waals surface area (Å²) < 4.78 is 0. The number of carbonyl (C=O) groups is 1. The lowest BCUT2D eigenvalue weighted by atomic mass is 9.94.